The van der Waals surface area contributed by atoms with Crippen molar-refractivity contribution in [3.63, 3.8) is 0 Å². The van der Waals surface area contributed by atoms with Crippen LogP contribution in [0.5, 0.6) is 0 Å². The van der Waals surface area contributed by atoms with Gasteiger partial charge in [0.1, 0.15) is 59.5 Å². The number of hydrogen-bond donors (Lipinski definition) is 13. The van der Waals surface area contributed by atoms with Crippen molar-refractivity contribution in [3.8, 4) is 0 Å². The first-order chi connectivity index (χ1) is 43.6. The van der Waals surface area contributed by atoms with Crippen LogP contribution in [0.15, 0.2) is 121 Å². The van der Waals surface area contributed by atoms with Crippen LogP contribution in [-0.2, 0) is 62.3 Å². The van der Waals surface area contributed by atoms with E-state index in [0.717, 1.165) is 26.6 Å². The monoisotopic (exact) mass is 1330 g/mol. The van der Waals surface area contributed by atoms with Crippen LogP contribution in [0, 0.1) is 0 Å². The summed E-state index contributed by atoms with van der Waals surface area (Å²) in [6, 6.07) is 18.5. The van der Waals surface area contributed by atoms with Crippen molar-refractivity contribution in [1.29, 1.82) is 0 Å². The summed E-state index contributed by atoms with van der Waals surface area (Å²) in [5.41, 5.74) is 1.76. The Morgan fingerprint density at radius 1 is 0.714 bits per heavy atom. The zero-order chi connectivity index (χ0) is 65.9. The lowest BCUT2D eigenvalue weighted by Gasteiger charge is -2.29. The predicted octanol–water partition coefficient (Wildman–Crippen LogP) is 3.36. The Labute approximate surface area is 544 Å². The number of ether oxygens (including phenoxy) is 2. The molecule has 13 N–H and O–H groups in total. The van der Waals surface area contributed by atoms with Crippen molar-refractivity contribution < 1.29 is 67.9 Å². The molecule has 6 rings (SSSR count). The highest BCUT2D eigenvalue weighted by atomic mass is 33.1. The molecule has 10 atom stereocenters. The SMILES string of the molecule is C[C@@H](O)C1NC(=O)[C@H](CCCCNC(=O)OC(C)(C)C)NC(=O)[C@@H](Cc2c[nH]c3ccccc23)NC(=O)[C@H](Cc2ccccc2)NC(=O)[C@@H](NC(=O)[C@@H](Cc2ccccc2)NC(=O)OCCSSc2ccccn2)CSSC[C@@H](C(=O)N[C@H](CO)[C@@H](C)O)NC1=O. The van der Waals surface area contributed by atoms with Gasteiger partial charge in [-0.3, -0.25) is 33.6 Å². The maximum absolute atomic E-state index is 15.1. The van der Waals surface area contributed by atoms with E-state index in [-0.39, 0.29) is 63.2 Å². The number of carbonyl (C=O) groups is 9. The van der Waals surface area contributed by atoms with Gasteiger partial charge in [-0.1, -0.05) is 117 Å². The maximum atomic E-state index is 15.1. The molecule has 1 unspecified atom stereocenters. The summed E-state index contributed by atoms with van der Waals surface area (Å²) in [5, 5.41) is 57.2. The number of rotatable bonds is 24. The van der Waals surface area contributed by atoms with Gasteiger partial charge in [0, 0.05) is 66.4 Å². The summed E-state index contributed by atoms with van der Waals surface area (Å²) < 4.78 is 10.8. The van der Waals surface area contributed by atoms with Gasteiger partial charge in [-0.25, -0.2) is 14.6 Å². The quantitative estimate of drug-likeness (QED) is 0.0311. The van der Waals surface area contributed by atoms with Crippen molar-refractivity contribution in [2.75, 3.05) is 37.0 Å². The molecule has 0 spiro atoms. The van der Waals surface area contributed by atoms with Gasteiger partial charge in [0.05, 0.1) is 24.9 Å². The fraction of sp³-hybridized carbons (Fsp3) is 0.452. The summed E-state index contributed by atoms with van der Waals surface area (Å²) in [5.74, 6) is -6.49. The van der Waals surface area contributed by atoms with Gasteiger partial charge in [-0.05, 0) is 99.6 Å². The zero-order valence-electron chi connectivity index (χ0n) is 51.1. The number of nitrogens with one attached hydrogen (secondary N) is 10. The number of benzene rings is 3. The van der Waals surface area contributed by atoms with E-state index < -0.39 is 126 Å². The van der Waals surface area contributed by atoms with Crippen molar-refractivity contribution in [2.45, 2.75) is 144 Å². The zero-order valence-corrected chi connectivity index (χ0v) is 54.4. The number of amides is 9. The Morgan fingerprint density at radius 2 is 1.35 bits per heavy atom. The summed E-state index contributed by atoms with van der Waals surface area (Å²) in [6.45, 7) is 7.04. The first-order valence-corrected chi connectivity index (χ1v) is 34.5. The van der Waals surface area contributed by atoms with E-state index in [4.69, 9.17) is 9.47 Å². The van der Waals surface area contributed by atoms with Crippen molar-refractivity contribution in [2.24, 2.45) is 0 Å². The maximum Gasteiger partial charge on any atom is 0.407 e. The average Bonchev–Trinajstić information content (AvgIpc) is 2.04. The lowest BCUT2D eigenvalue weighted by atomic mass is 10.0. The standard InChI is InChI=1S/C62H81N11O14S4/c1-37(75)48(34-74)69-58(82)50-36-90-89-35-49(70-55(79)46(31-40-20-10-7-11-21-40)72-61(85)86-28-29-88-91-51-25-15-17-26-63-51)57(81)67-45(30-39-18-8-6-9-19-39)54(78)68-47(32-41-33-65-43-23-13-12-22-42(41)43)56(80)66-44(53(77)73-52(38(2)76)59(83)71-50)24-14-16-27-64-60(84)87-62(3,4)5/h6-13,15,17-23,25-26,33,37-38,44-50,52,65,74-76H,14,16,24,27-32,34-36H2,1-5H3,(H,64,84)(H,66,80)(H,67,81)(H,68,78)(H,69,82)(H,70,79)(H,71,83)(H,72,85)(H,73,77)/t37-,38-,44+,45+,46-,47-,48-,49+,50+,52?/m1/s1. The number of alkyl carbamates (subject to hydrolysis) is 2. The molecule has 0 radical (unpaired) electrons. The number of aromatic amines is 1. The third-order valence-electron chi connectivity index (χ3n) is 13.9. The van der Waals surface area contributed by atoms with Gasteiger partial charge in [0.2, 0.25) is 41.4 Å². The molecule has 25 nitrogen and oxygen atoms in total. The number of nitrogens with zero attached hydrogens (tertiary/aromatic N) is 1. The molecule has 9 amide bonds. The molecule has 1 aliphatic heterocycles. The Hall–Kier alpha value is -7.54. The van der Waals surface area contributed by atoms with Gasteiger partial charge >= 0.3 is 12.2 Å². The normalized spacial score (nSPS) is 20.3. The highest BCUT2D eigenvalue weighted by Crippen LogP contribution is 2.29. The van der Waals surface area contributed by atoms with Crippen LogP contribution in [0.25, 0.3) is 10.9 Å². The van der Waals surface area contributed by atoms with E-state index >= 15 is 14.4 Å². The minimum absolute atomic E-state index is 0.0330. The van der Waals surface area contributed by atoms with Crippen molar-refractivity contribution in [3.05, 3.63) is 132 Å². The molecular formula is C62H81N11O14S4. The Bertz CT molecular complexity index is 3180. The number of para-hydroxylation sites is 1. The van der Waals surface area contributed by atoms with Gasteiger partial charge in [0.25, 0.3) is 0 Å². The van der Waals surface area contributed by atoms with Crippen molar-refractivity contribution in [1.82, 2.24) is 57.8 Å². The molecule has 1 fully saturated rings. The molecule has 1 saturated heterocycles. The predicted molar refractivity (Wildman–Crippen MR) is 350 cm³/mol. The summed E-state index contributed by atoms with van der Waals surface area (Å²) >= 11 is 0. The van der Waals surface area contributed by atoms with E-state index in [2.05, 4.69) is 57.8 Å². The van der Waals surface area contributed by atoms with Crippen LogP contribution in [-0.4, -0.2) is 182 Å². The van der Waals surface area contributed by atoms with Gasteiger partial charge in [0.15, 0.2) is 0 Å². The minimum Gasteiger partial charge on any atom is -0.449 e. The lowest BCUT2D eigenvalue weighted by Crippen LogP contribution is -2.62. The molecule has 1 aliphatic rings. The molecule has 492 valence electrons. The molecule has 3 aromatic carbocycles. The number of aromatic nitrogens is 2. The lowest BCUT2D eigenvalue weighted by molar-refractivity contribution is -0.136. The van der Waals surface area contributed by atoms with E-state index in [9.17, 15) is 44.1 Å². The van der Waals surface area contributed by atoms with Crippen LogP contribution < -0.4 is 47.9 Å². The topological polar surface area (TPSA) is 370 Å². The Balaban J connectivity index is 1.37. The fourth-order valence-electron chi connectivity index (χ4n) is 9.16. The van der Waals surface area contributed by atoms with Crippen LogP contribution >= 0.6 is 43.2 Å². The van der Waals surface area contributed by atoms with Crippen LogP contribution in [0.2, 0.25) is 0 Å². The molecule has 0 bridgehead atoms. The van der Waals surface area contributed by atoms with Crippen LogP contribution in [0.4, 0.5) is 9.59 Å². The van der Waals surface area contributed by atoms with Gasteiger partial charge < -0.3 is 77.6 Å². The number of hydrogen-bond acceptors (Lipinski definition) is 19. The Kier molecular flexibility index (Phi) is 29.6. The molecule has 3 heterocycles. The average molecular weight is 1330 g/mol. The van der Waals surface area contributed by atoms with Gasteiger partial charge in [-0.15, -0.1) is 0 Å². The first kappa shape index (κ1) is 72.5. The van der Waals surface area contributed by atoms with Gasteiger partial charge in [-0.2, -0.15) is 0 Å². The summed E-state index contributed by atoms with van der Waals surface area (Å²) in [6.07, 6.45) is -1.14. The number of aliphatic hydroxyl groups is 3. The second-order valence-corrected chi connectivity index (χ2v) is 27.4. The van der Waals surface area contributed by atoms with Crippen LogP contribution in [0.3, 0.4) is 0 Å². The van der Waals surface area contributed by atoms with Crippen molar-refractivity contribution >= 4 is 108 Å². The second-order valence-electron chi connectivity index (χ2n) is 22.4. The fourth-order valence-corrected chi connectivity index (χ4v) is 13.2. The number of pyridine rings is 1. The number of aliphatic hydroxyl groups excluding tert-OH is 3. The number of unbranched alkanes of at least 4 members (excludes halogenated alkanes) is 1. The number of carbonyl (C=O) groups excluding carboxylic acids is 9. The number of fused-ring (bicyclic) bond motifs is 1. The second kappa shape index (κ2) is 37.1. The molecule has 91 heavy (non-hydrogen) atoms. The third-order valence-corrected chi connectivity index (χ3v) is 18.6. The largest absolute Gasteiger partial charge is 0.449 e. The molecule has 0 aliphatic carbocycles. The highest BCUT2D eigenvalue weighted by Gasteiger charge is 2.37. The van der Waals surface area contributed by atoms with Crippen LogP contribution in [0.1, 0.15) is 70.6 Å². The van der Waals surface area contributed by atoms with E-state index in [1.54, 1.807) is 106 Å². The third kappa shape index (κ3) is 24.9. The number of H-pyrrole nitrogens is 1. The molecular weight excluding hydrogens is 1250 g/mol. The van der Waals surface area contributed by atoms with E-state index in [0.29, 0.717) is 33.3 Å². The Morgan fingerprint density at radius 3 is 2.02 bits per heavy atom. The molecule has 2 aromatic heterocycles. The minimum atomic E-state index is -1.77. The molecule has 0 saturated carbocycles. The molecule has 29 heteroatoms. The first-order valence-electron chi connectivity index (χ1n) is 29.6. The smallest absolute Gasteiger partial charge is 0.407 e. The summed E-state index contributed by atoms with van der Waals surface area (Å²) in [7, 11) is 4.73. The summed E-state index contributed by atoms with van der Waals surface area (Å²) in [4.78, 5) is 136. The molecule has 5 aromatic rings. The van der Waals surface area contributed by atoms with E-state index in [1.165, 1.54) is 35.4 Å². The highest BCUT2D eigenvalue weighted by molar-refractivity contribution is 8.77. The van der Waals surface area contributed by atoms with E-state index in [1.807, 2.05) is 30.3 Å².